The summed E-state index contributed by atoms with van der Waals surface area (Å²) in [4.78, 5) is 30.7. The zero-order chi connectivity index (χ0) is 21.0. The summed E-state index contributed by atoms with van der Waals surface area (Å²) < 4.78 is 5.16. The molecule has 0 radical (unpaired) electrons. The van der Waals surface area contributed by atoms with Crippen LogP contribution in [0, 0.1) is 13.8 Å². The van der Waals surface area contributed by atoms with Gasteiger partial charge in [0.25, 0.3) is 0 Å². The molecule has 6 nitrogen and oxygen atoms in total. The second-order valence-corrected chi connectivity index (χ2v) is 7.39. The van der Waals surface area contributed by atoms with E-state index in [0.717, 1.165) is 13.1 Å². The molecule has 1 fully saturated rings. The summed E-state index contributed by atoms with van der Waals surface area (Å²) in [6.07, 6.45) is 0. The lowest BCUT2D eigenvalue weighted by atomic mass is 10.1. The minimum atomic E-state index is -0.155. The van der Waals surface area contributed by atoms with E-state index in [9.17, 15) is 9.59 Å². The van der Waals surface area contributed by atoms with E-state index in [1.807, 2.05) is 4.90 Å². The SMILES string of the molecule is COc1ccc(N(CC(=O)N2CCN(c3cccc(C)c3C)CC2)C(C)=O)cc1. The van der Waals surface area contributed by atoms with Crippen LogP contribution in [0.1, 0.15) is 18.1 Å². The Morgan fingerprint density at radius 2 is 1.66 bits per heavy atom. The Hall–Kier alpha value is -3.02. The average molecular weight is 396 g/mol. The molecular weight excluding hydrogens is 366 g/mol. The molecular formula is C23H29N3O3. The summed E-state index contributed by atoms with van der Waals surface area (Å²) in [5.41, 5.74) is 4.49. The van der Waals surface area contributed by atoms with E-state index in [1.54, 1.807) is 31.4 Å². The van der Waals surface area contributed by atoms with Crippen LogP contribution in [-0.4, -0.2) is 56.5 Å². The number of carbonyl (C=O) groups is 2. The van der Waals surface area contributed by atoms with Crippen LogP contribution >= 0.6 is 0 Å². The van der Waals surface area contributed by atoms with Crippen molar-refractivity contribution in [2.75, 3.05) is 49.6 Å². The fourth-order valence-corrected chi connectivity index (χ4v) is 3.66. The van der Waals surface area contributed by atoms with Crippen LogP contribution < -0.4 is 14.5 Å². The Kier molecular flexibility index (Phi) is 6.42. The third-order valence-corrected chi connectivity index (χ3v) is 5.61. The summed E-state index contributed by atoms with van der Waals surface area (Å²) >= 11 is 0. The molecule has 0 saturated carbocycles. The molecule has 1 saturated heterocycles. The van der Waals surface area contributed by atoms with Crippen molar-refractivity contribution in [3.05, 3.63) is 53.6 Å². The number of hydrogen-bond donors (Lipinski definition) is 0. The van der Waals surface area contributed by atoms with Gasteiger partial charge >= 0.3 is 0 Å². The van der Waals surface area contributed by atoms with E-state index in [1.165, 1.54) is 28.6 Å². The lowest BCUT2D eigenvalue weighted by molar-refractivity contribution is -0.131. The second kappa shape index (κ2) is 8.99. The molecule has 0 N–H and O–H groups in total. The van der Waals surface area contributed by atoms with Gasteiger partial charge in [-0.1, -0.05) is 12.1 Å². The third kappa shape index (κ3) is 4.70. The van der Waals surface area contributed by atoms with Gasteiger partial charge in [0.1, 0.15) is 12.3 Å². The fraction of sp³-hybridized carbons (Fsp3) is 0.391. The quantitative estimate of drug-likeness (QED) is 0.781. The zero-order valence-electron chi connectivity index (χ0n) is 17.6. The minimum Gasteiger partial charge on any atom is -0.497 e. The third-order valence-electron chi connectivity index (χ3n) is 5.61. The molecule has 0 aliphatic carbocycles. The van der Waals surface area contributed by atoms with Crippen molar-refractivity contribution in [3.8, 4) is 5.75 Å². The van der Waals surface area contributed by atoms with Crippen molar-refractivity contribution in [2.45, 2.75) is 20.8 Å². The van der Waals surface area contributed by atoms with Crippen molar-refractivity contribution in [1.29, 1.82) is 0 Å². The first-order valence-corrected chi connectivity index (χ1v) is 9.92. The van der Waals surface area contributed by atoms with Crippen LogP contribution in [0.25, 0.3) is 0 Å². The molecule has 0 spiro atoms. The van der Waals surface area contributed by atoms with E-state index in [0.29, 0.717) is 24.5 Å². The van der Waals surface area contributed by atoms with Gasteiger partial charge in [-0.15, -0.1) is 0 Å². The molecule has 1 aliphatic heterocycles. The standard InChI is InChI=1S/C23H29N3O3/c1-17-6-5-7-22(18(17)2)24-12-14-25(15-13-24)23(28)16-26(19(3)27)20-8-10-21(29-4)11-9-20/h5-11H,12-16H2,1-4H3. The number of anilines is 2. The van der Waals surface area contributed by atoms with Gasteiger partial charge in [0.2, 0.25) is 11.8 Å². The highest BCUT2D eigenvalue weighted by Gasteiger charge is 2.25. The van der Waals surface area contributed by atoms with Gasteiger partial charge in [-0.2, -0.15) is 0 Å². The number of benzene rings is 2. The first-order chi connectivity index (χ1) is 13.9. The lowest BCUT2D eigenvalue weighted by Crippen LogP contribution is -2.52. The van der Waals surface area contributed by atoms with Gasteiger partial charge in [-0.25, -0.2) is 0 Å². The number of amides is 2. The highest BCUT2D eigenvalue weighted by Crippen LogP contribution is 2.24. The summed E-state index contributed by atoms with van der Waals surface area (Å²) in [5.74, 6) is 0.528. The number of piperazine rings is 1. The Balaban J connectivity index is 1.63. The van der Waals surface area contributed by atoms with Crippen molar-refractivity contribution in [1.82, 2.24) is 4.90 Å². The van der Waals surface area contributed by atoms with Gasteiger partial charge in [0.05, 0.1) is 7.11 Å². The maximum atomic E-state index is 12.9. The predicted molar refractivity (Wildman–Crippen MR) is 116 cm³/mol. The van der Waals surface area contributed by atoms with E-state index in [-0.39, 0.29) is 18.4 Å². The number of carbonyl (C=O) groups excluding carboxylic acids is 2. The van der Waals surface area contributed by atoms with Crippen molar-refractivity contribution in [2.24, 2.45) is 0 Å². The Morgan fingerprint density at radius 3 is 2.24 bits per heavy atom. The van der Waals surface area contributed by atoms with Gasteiger partial charge in [-0.05, 0) is 55.3 Å². The smallest absolute Gasteiger partial charge is 0.242 e. The number of hydrogen-bond acceptors (Lipinski definition) is 4. The molecule has 2 aromatic carbocycles. The second-order valence-electron chi connectivity index (χ2n) is 7.39. The van der Waals surface area contributed by atoms with E-state index in [2.05, 4.69) is 36.9 Å². The van der Waals surface area contributed by atoms with Crippen LogP contribution in [0.4, 0.5) is 11.4 Å². The molecule has 0 atom stereocenters. The fourth-order valence-electron chi connectivity index (χ4n) is 3.66. The molecule has 6 heteroatoms. The van der Waals surface area contributed by atoms with Crippen molar-refractivity contribution >= 4 is 23.2 Å². The van der Waals surface area contributed by atoms with Gasteiger partial charge < -0.3 is 19.4 Å². The number of aryl methyl sites for hydroxylation is 1. The van der Waals surface area contributed by atoms with E-state index >= 15 is 0 Å². The molecule has 3 rings (SSSR count). The Labute approximate surface area is 172 Å². The highest BCUT2D eigenvalue weighted by atomic mass is 16.5. The molecule has 0 unspecified atom stereocenters. The summed E-state index contributed by atoms with van der Waals surface area (Å²) in [6.45, 7) is 8.68. The Morgan fingerprint density at radius 1 is 1.00 bits per heavy atom. The molecule has 1 heterocycles. The van der Waals surface area contributed by atoms with Gasteiger partial charge in [0.15, 0.2) is 0 Å². The number of rotatable bonds is 5. The van der Waals surface area contributed by atoms with E-state index in [4.69, 9.17) is 4.74 Å². The first-order valence-electron chi connectivity index (χ1n) is 9.92. The number of ether oxygens (including phenoxy) is 1. The summed E-state index contributed by atoms with van der Waals surface area (Å²) in [5, 5.41) is 0. The van der Waals surface area contributed by atoms with Gasteiger partial charge in [0, 0.05) is 44.5 Å². The average Bonchev–Trinajstić information content (AvgIpc) is 2.74. The zero-order valence-corrected chi connectivity index (χ0v) is 17.6. The maximum Gasteiger partial charge on any atom is 0.242 e. The summed E-state index contributed by atoms with van der Waals surface area (Å²) in [7, 11) is 1.60. The monoisotopic (exact) mass is 395 g/mol. The Bertz CT molecular complexity index is 871. The van der Waals surface area contributed by atoms with Crippen LogP contribution in [-0.2, 0) is 9.59 Å². The van der Waals surface area contributed by atoms with Crippen molar-refractivity contribution in [3.63, 3.8) is 0 Å². The van der Waals surface area contributed by atoms with Crippen LogP contribution in [0.2, 0.25) is 0 Å². The lowest BCUT2D eigenvalue weighted by Gasteiger charge is -2.37. The van der Waals surface area contributed by atoms with Crippen LogP contribution in [0.3, 0.4) is 0 Å². The molecule has 0 bridgehead atoms. The maximum absolute atomic E-state index is 12.9. The highest BCUT2D eigenvalue weighted by molar-refractivity contribution is 5.97. The largest absolute Gasteiger partial charge is 0.497 e. The molecule has 29 heavy (non-hydrogen) atoms. The predicted octanol–water partition coefficient (Wildman–Crippen LogP) is 3.01. The van der Waals surface area contributed by atoms with Crippen LogP contribution in [0.5, 0.6) is 5.75 Å². The van der Waals surface area contributed by atoms with Crippen LogP contribution in [0.15, 0.2) is 42.5 Å². The number of methoxy groups -OCH3 is 1. The first kappa shape index (κ1) is 20.7. The molecule has 2 amide bonds. The normalized spacial score (nSPS) is 13.9. The molecule has 0 aromatic heterocycles. The van der Waals surface area contributed by atoms with Gasteiger partial charge in [-0.3, -0.25) is 9.59 Å². The summed E-state index contributed by atoms with van der Waals surface area (Å²) in [6, 6.07) is 13.5. The molecule has 154 valence electrons. The van der Waals surface area contributed by atoms with Crippen molar-refractivity contribution < 1.29 is 14.3 Å². The topological polar surface area (TPSA) is 53.1 Å². The number of nitrogens with zero attached hydrogens (tertiary/aromatic N) is 3. The minimum absolute atomic E-state index is 0.0309. The van der Waals surface area contributed by atoms with E-state index < -0.39 is 0 Å². The molecule has 2 aromatic rings. The molecule has 1 aliphatic rings.